The van der Waals surface area contributed by atoms with E-state index in [1.807, 2.05) is 11.3 Å². The zero-order chi connectivity index (χ0) is 33.7. The molecule has 240 valence electrons. The van der Waals surface area contributed by atoms with Crippen molar-refractivity contribution in [3.05, 3.63) is 194 Å². The highest BCUT2D eigenvalue weighted by Crippen LogP contribution is 2.47. The van der Waals surface area contributed by atoms with Gasteiger partial charge in [-0.05, 0) is 96.2 Å². The number of thiophene rings is 1. The molecule has 9 aromatic rings. The first kappa shape index (κ1) is 29.9. The van der Waals surface area contributed by atoms with Gasteiger partial charge in [0.1, 0.15) is 0 Å². The van der Waals surface area contributed by atoms with E-state index in [0.29, 0.717) is 5.92 Å². The molecule has 0 aliphatic heterocycles. The normalized spacial score (nSPS) is 14.2. The fourth-order valence-electron chi connectivity index (χ4n) is 8.20. The van der Waals surface area contributed by atoms with Gasteiger partial charge in [-0.25, -0.2) is 0 Å². The van der Waals surface area contributed by atoms with Crippen LogP contribution in [0.5, 0.6) is 0 Å². The summed E-state index contributed by atoms with van der Waals surface area (Å²) in [6.45, 7) is 0. The summed E-state index contributed by atoms with van der Waals surface area (Å²) in [7, 11) is 0. The molecule has 1 heteroatoms. The van der Waals surface area contributed by atoms with Crippen LogP contribution in [0.4, 0.5) is 0 Å². The molecular weight excluding hydrogens is 633 g/mol. The highest BCUT2D eigenvalue weighted by molar-refractivity contribution is 7.25. The van der Waals surface area contributed by atoms with Gasteiger partial charge in [-0.15, -0.1) is 11.3 Å². The summed E-state index contributed by atoms with van der Waals surface area (Å²) >= 11 is 1.88. The highest BCUT2D eigenvalue weighted by atomic mass is 32.1. The number of allylic oxidation sites excluding steroid dienone is 4. The van der Waals surface area contributed by atoms with Crippen LogP contribution in [-0.4, -0.2) is 0 Å². The third-order valence-corrected chi connectivity index (χ3v) is 11.7. The number of rotatable bonds is 5. The number of hydrogen-bond acceptors (Lipinski definition) is 1. The maximum absolute atomic E-state index is 2.46. The van der Waals surface area contributed by atoms with Gasteiger partial charge in [0.25, 0.3) is 0 Å². The van der Waals surface area contributed by atoms with Crippen LogP contribution in [-0.2, 0) is 0 Å². The Morgan fingerprint density at radius 3 is 1.84 bits per heavy atom. The quantitative estimate of drug-likeness (QED) is 0.160. The van der Waals surface area contributed by atoms with Crippen LogP contribution in [0.2, 0.25) is 0 Å². The Balaban J connectivity index is 1.26. The van der Waals surface area contributed by atoms with Crippen LogP contribution in [0.1, 0.15) is 17.9 Å². The van der Waals surface area contributed by atoms with Crippen molar-refractivity contribution in [2.45, 2.75) is 12.3 Å². The molecule has 0 N–H and O–H groups in total. The average Bonchev–Trinajstić information content (AvgIpc) is 3.60. The van der Waals surface area contributed by atoms with E-state index in [9.17, 15) is 0 Å². The fourth-order valence-corrected chi connectivity index (χ4v) is 9.33. The molecule has 10 rings (SSSR count). The lowest BCUT2D eigenvalue weighted by Crippen LogP contribution is -1.97. The summed E-state index contributed by atoms with van der Waals surface area (Å²) in [5, 5.41) is 7.77. The molecule has 8 aromatic carbocycles. The zero-order valence-corrected chi connectivity index (χ0v) is 28.9. The van der Waals surface area contributed by atoms with Crippen molar-refractivity contribution in [2.24, 2.45) is 0 Å². The van der Waals surface area contributed by atoms with Gasteiger partial charge in [-0.1, -0.05) is 170 Å². The molecular formula is C50H34S. The van der Waals surface area contributed by atoms with E-state index in [0.717, 1.165) is 6.42 Å². The lowest BCUT2D eigenvalue weighted by atomic mass is 9.83. The summed E-state index contributed by atoms with van der Waals surface area (Å²) in [6.07, 6.45) is 9.98. The summed E-state index contributed by atoms with van der Waals surface area (Å²) in [4.78, 5) is 0. The first-order chi connectivity index (χ1) is 25.3. The third-order valence-electron chi connectivity index (χ3n) is 10.6. The van der Waals surface area contributed by atoms with E-state index in [1.165, 1.54) is 91.8 Å². The molecule has 0 saturated heterocycles. The smallest absolute Gasteiger partial charge is 0.0361 e. The van der Waals surface area contributed by atoms with E-state index in [4.69, 9.17) is 0 Å². The van der Waals surface area contributed by atoms with Crippen molar-refractivity contribution in [1.82, 2.24) is 0 Å². The topological polar surface area (TPSA) is 0 Å². The molecule has 51 heavy (non-hydrogen) atoms. The molecule has 1 aliphatic carbocycles. The summed E-state index contributed by atoms with van der Waals surface area (Å²) in [5.41, 5.74) is 11.4. The Bertz CT molecular complexity index is 2810. The van der Waals surface area contributed by atoms with Crippen LogP contribution in [0, 0.1) is 0 Å². The first-order valence-corrected chi connectivity index (χ1v) is 18.6. The van der Waals surface area contributed by atoms with Gasteiger partial charge in [-0.3, -0.25) is 0 Å². The number of fused-ring (bicyclic) bond motifs is 5. The van der Waals surface area contributed by atoms with Crippen molar-refractivity contribution < 1.29 is 0 Å². The molecule has 1 unspecified atom stereocenters. The van der Waals surface area contributed by atoms with Crippen LogP contribution in [0.15, 0.2) is 188 Å². The van der Waals surface area contributed by atoms with E-state index < -0.39 is 0 Å². The standard InChI is InChI=1S/C50H34S/c1-3-13-33(14-4-1)35-25-27-36(28-26-35)48-41-19-7-8-20-42(41)49(39-18-11-17-37(31-39)34-15-5-2-6-16-34)43-30-29-38(32-45(43)48)40-22-12-24-47-50(40)44-21-9-10-23-46(44)51-47/h1-15,17-32,34H,16H2. The largest absolute Gasteiger partial charge is 0.135 e. The molecule has 0 fully saturated rings. The first-order valence-electron chi connectivity index (χ1n) is 17.8. The molecule has 0 spiro atoms. The van der Waals surface area contributed by atoms with Gasteiger partial charge >= 0.3 is 0 Å². The van der Waals surface area contributed by atoms with E-state index in [1.54, 1.807) is 0 Å². The molecule has 0 nitrogen and oxygen atoms in total. The van der Waals surface area contributed by atoms with Gasteiger partial charge in [-0.2, -0.15) is 0 Å². The van der Waals surface area contributed by atoms with Crippen molar-refractivity contribution in [1.29, 1.82) is 0 Å². The van der Waals surface area contributed by atoms with Gasteiger partial charge in [0.15, 0.2) is 0 Å². The highest BCUT2D eigenvalue weighted by Gasteiger charge is 2.20. The van der Waals surface area contributed by atoms with Crippen LogP contribution in [0.3, 0.4) is 0 Å². The molecule has 1 atom stereocenters. The molecule has 1 heterocycles. The van der Waals surface area contributed by atoms with Gasteiger partial charge < -0.3 is 0 Å². The van der Waals surface area contributed by atoms with Crippen molar-refractivity contribution in [2.75, 3.05) is 0 Å². The second kappa shape index (κ2) is 12.4. The maximum atomic E-state index is 2.46. The van der Waals surface area contributed by atoms with Crippen LogP contribution in [0.25, 0.3) is 86.2 Å². The second-order valence-electron chi connectivity index (χ2n) is 13.6. The summed E-state index contributed by atoms with van der Waals surface area (Å²) in [5.74, 6) is 0.391. The predicted octanol–water partition coefficient (Wildman–Crippen LogP) is 14.6. The van der Waals surface area contributed by atoms with Crippen molar-refractivity contribution >= 4 is 53.1 Å². The number of hydrogen-bond donors (Lipinski definition) is 0. The SMILES string of the molecule is C1=CCC(c2cccc(-c3c4ccccc4c(-c4ccc(-c5ccccc5)cc4)c4cc(-c5cccc6sc7ccccc7c56)ccc34)c2)C=C1. The van der Waals surface area contributed by atoms with Gasteiger partial charge in [0, 0.05) is 26.1 Å². The molecule has 0 amide bonds. The Morgan fingerprint density at radius 2 is 1.04 bits per heavy atom. The lowest BCUT2D eigenvalue weighted by molar-refractivity contribution is 0.854. The van der Waals surface area contributed by atoms with E-state index in [-0.39, 0.29) is 0 Å². The van der Waals surface area contributed by atoms with Crippen molar-refractivity contribution in [3.8, 4) is 44.5 Å². The molecule has 0 radical (unpaired) electrons. The monoisotopic (exact) mass is 666 g/mol. The Hall–Kier alpha value is -6.02. The minimum absolute atomic E-state index is 0.391. The van der Waals surface area contributed by atoms with Gasteiger partial charge in [0.2, 0.25) is 0 Å². The average molecular weight is 667 g/mol. The van der Waals surface area contributed by atoms with Crippen LogP contribution >= 0.6 is 11.3 Å². The summed E-state index contributed by atoms with van der Waals surface area (Å²) < 4.78 is 2.66. The maximum Gasteiger partial charge on any atom is 0.0361 e. The lowest BCUT2D eigenvalue weighted by Gasteiger charge is -2.20. The Kier molecular flexibility index (Phi) is 7.25. The minimum atomic E-state index is 0.391. The van der Waals surface area contributed by atoms with Crippen molar-refractivity contribution in [3.63, 3.8) is 0 Å². The number of benzene rings is 8. The minimum Gasteiger partial charge on any atom is -0.135 e. The van der Waals surface area contributed by atoms with E-state index >= 15 is 0 Å². The van der Waals surface area contributed by atoms with Crippen LogP contribution < -0.4 is 0 Å². The molecule has 1 aromatic heterocycles. The molecule has 0 saturated carbocycles. The predicted molar refractivity (Wildman–Crippen MR) is 222 cm³/mol. The summed E-state index contributed by atoms with van der Waals surface area (Å²) in [6, 6.07) is 60.9. The fraction of sp³-hybridized carbons (Fsp3) is 0.0400. The second-order valence-corrected chi connectivity index (χ2v) is 14.6. The Labute approximate surface area is 302 Å². The molecule has 1 aliphatic rings. The zero-order valence-electron chi connectivity index (χ0n) is 28.1. The Morgan fingerprint density at radius 1 is 0.412 bits per heavy atom. The molecule has 0 bridgehead atoms. The van der Waals surface area contributed by atoms with Gasteiger partial charge in [0.05, 0.1) is 0 Å². The third kappa shape index (κ3) is 5.12. The van der Waals surface area contributed by atoms with E-state index in [2.05, 4.69) is 188 Å².